The number of nitrogens with one attached hydrogen (secondary N) is 2. The van der Waals surface area contributed by atoms with Crippen molar-refractivity contribution in [1.82, 2.24) is 15.1 Å². The predicted molar refractivity (Wildman–Crippen MR) is 252 cm³/mol. The van der Waals surface area contributed by atoms with Gasteiger partial charge < -0.3 is 39.6 Å². The van der Waals surface area contributed by atoms with E-state index >= 15 is 4.79 Å². The summed E-state index contributed by atoms with van der Waals surface area (Å²) in [7, 11) is 0. The van der Waals surface area contributed by atoms with E-state index in [0.717, 1.165) is 14.7 Å². The van der Waals surface area contributed by atoms with E-state index in [9.17, 15) is 29.1 Å². The maximum Gasteiger partial charge on any atom is 0.325 e. The first-order chi connectivity index (χ1) is 33.0. The largest absolute Gasteiger partial charge is 0.508 e. The van der Waals surface area contributed by atoms with Crippen LogP contribution < -0.4 is 15.4 Å². The molecule has 3 N–H and O–H groups in total. The van der Waals surface area contributed by atoms with Gasteiger partial charge in [0.2, 0.25) is 17.7 Å². The Kier molecular flexibility index (Phi) is 12.0. The molecule has 68 heavy (non-hydrogen) atoms. The Morgan fingerprint density at radius 2 is 1.47 bits per heavy atom. The maximum absolute atomic E-state index is 15.2. The molecule has 0 aliphatic carbocycles. The van der Waals surface area contributed by atoms with Gasteiger partial charge in [-0.25, -0.2) is 0 Å². The average molecular weight is 1030 g/mol. The third-order valence-electron chi connectivity index (χ3n) is 13.7. The summed E-state index contributed by atoms with van der Waals surface area (Å²) in [5, 5.41) is 15.6. The number of carbonyl (C=O) groups excluding carboxylic acids is 6. The SMILES string of the molecule is C=CCOC(=O)[C@@H]1[C@H]2C(=O)O[C@H](c3ccccc3)[C@H](c3ccccc3)N2[C@H](c2ccc(OCCOC(=O)[C@H]3C[C@H]4C(=O)NCC(=O)N4[C@H]3c3ccc(O)cc3)cc2)[C@@]12C(=O)Nc1ccc(I)cc12. The van der Waals surface area contributed by atoms with Gasteiger partial charge in [-0.15, -0.1) is 0 Å². The van der Waals surface area contributed by atoms with Crippen molar-refractivity contribution >= 4 is 63.9 Å². The van der Waals surface area contributed by atoms with Gasteiger partial charge in [0.1, 0.15) is 60.8 Å². The zero-order valence-electron chi connectivity index (χ0n) is 36.4. The van der Waals surface area contributed by atoms with Crippen LogP contribution in [0.1, 0.15) is 58.5 Å². The fourth-order valence-corrected chi connectivity index (χ4v) is 11.5. The molecule has 1 spiro atoms. The van der Waals surface area contributed by atoms with Gasteiger partial charge in [-0.3, -0.25) is 33.7 Å². The van der Waals surface area contributed by atoms with E-state index in [2.05, 4.69) is 39.8 Å². The number of hydrogen-bond donors (Lipinski definition) is 3. The number of anilines is 1. The number of halogens is 1. The Morgan fingerprint density at radius 3 is 2.18 bits per heavy atom. The second kappa shape index (κ2) is 18.2. The normalized spacial score (nSPS) is 27.0. The van der Waals surface area contributed by atoms with Crippen molar-refractivity contribution in [3.8, 4) is 11.5 Å². The van der Waals surface area contributed by atoms with E-state index < -0.39 is 77.4 Å². The number of morpholine rings is 1. The number of esters is 3. The van der Waals surface area contributed by atoms with Gasteiger partial charge in [0.25, 0.3) is 0 Å². The minimum atomic E-state index is -1.70. The standard InChI is InChI=1S/C52H45IN4O11/c1-2-23-66-49(62)41-44-50(63)68-45(31-11-7-4-8-12-31)43(29-9-5-3-6-10-29)57(44)46(52(41)37-26-33(53)17-22-38(37)55-51(52)64)32-15-20-35(21-16-32)65-24-25-67-48(61)36-27-39-47(60)54-28-40(59)56(39)42(36)30-13-18-34(58)19-14-30/h2-22,26,36,39,41-46,58H,1,23-25,27-28H2,(H,54,60)(H,55,64)/t36-,39-,41-,42-,43-,44-,45+,46+,52-/m0/s1. The molecule has 5 aliphatic heterocycles. The van der Waals surface area contributed by atoms with Gasteiger partial charge in [0.15, 0.2) is 0 Å². The van der Waals surface area contributed by atoms with Crippen LogP contribution in [0, 0.1) is 15.4 Å². The summed E-state index contributed by atoms with van der Waals surface area (Å²) in [6.07, 6.45) is 0.662. The highest BCUT2D eigenvalue weighted by Gasteiger charge is 2.74. The quantitative estimate of drug-likeness (QED) is 0.0435. The third-order valence-corrected chi connectivity index (χ3v) is 14.4. The number of rotatable bonds is 12. The minimum absolute atomic E-state index is 0.0174. The molecule has 10 rings (SSSR count). The molecule has 4 saturated heterocycles. The van der Waals surface area contributed by atoms with Crippen LogP contribution in [0.5, 0.6) is 11.5 Å². The molecule has 0 unspecified atom stereocenters. The number of carbonyl (C=O) groups is 6. The van der Waals surface area contributed by atoms with Crippen LogP contribution in [0.2, 0.25) is 0 Å². The Bertz CT molecular complexity index is 2810. The number of benzene rings is 5. The van der Waals surface area contributed by atoms with Crippen molar-refractivity contribution in [2.24, 2.45) is 11.8 Å². The highest BCUT2D eigenvalue weighted by atomic mass is 127. The van der Waals surface area contributed by atoms with Gasteiger partial charge in [-0.1, -0.05) is 97.6 Å². The first kappa shape index (κ1) is 44.8. The Morgan fingerprint density at radius 1 is 0.794 bits per heavy atom. The summed E-state index contributed by atoms with van der Waals surface area (Å²) >= 11 is 2.18. The van der Waals surface area contributed by atoms with Crippen molar-refractivity contribution in [1.29, 1.82) is 0 Å². The van der Waals surface area contributed by atoms with E-state index in [1.165, 1.54) is 23.1 Å². The highest BCUT2D eigenvalue weighted by Crippen LogP contribution is 2.65. The fourth-order valence-electron chi connectivity index (χ4n) is 11.0. The molecule has 0 saturated carbocycles. The lowest BCUT2D eigenvalue weighted by molar-refractivity contribution is -0.180. The number of phenols is 1. The second-order valence-corrected chi connectivity index (χ2v) is 18.6. The molecule has 0 aromatic heterocycles. The number of amides is 3. The molecule has 0 bridgehead atoms. The van der Waals surface area contributed by atoms with Gasteiger partial charge in [-0.05, 0) is 99.3 Å². The van der Waals surface area contributed by atoms with Crippen molar-refractivity contribution in [2.75, 3.05) is 31.7 Å². The van der Waals surface area contributed by atoms with Gasteiger partial charge in [0, 0.05) is 9.26 Å². The van der Waals surface area contributed by atoms with Crippen LogP contribution in [0.3, 0.4) is 0 Å². The minimum Gasteiger partial charge on any atom is -0.508 e. The number of phenolic OH excluding ortho intramolecular Hbond substituents is 1. The summed E-state index contributed by atoms with van der Waals surface area (Å²) in [5.74, 6) is -4.97. The number of cyclic esters (lactones) is 1. The molecule has 9 atom stereocenters. The molecular weight excluding hydrogens is 983 g/mol. The number of nitrogens with zero attached hydrogens (tertiary/aromatic N) is 2. The lowest BCUT2D eigenvalue weighted by Gasteiger charge is -2.46. The van der Waals surface area contributed by atoms with Crippen LogP contribution in [0.4, 0.5) is 5.69 Å². The Hall–Kier alpha value is -7.05. The fraction of sp³-hybridized carbons (Fsp3) is 0.269. The monoisotopic (exact) mass is 1030 g/mol. The number of fused-ring (bicyclic) bond motifs is 4. The van der Waals surface area contributed by atoms with Crippen LogP contribution in [0.25, 0.3) is 0 Å². The van der Waals surface area contributed by atoms with E-state index in [1.54, 1.807) is 42.5 Å². The van der Waals surface area contributed by atoms with Crippen molar-refractivity contribution in [3.05, 3.63) is 171 Å². The van der Waals surface area contributed by atoms with E-state index in [-0.39, 0.29) is 50.4 Å². The molecule has 0 radical (unpaired) electrons. The molecule has 3 amide bonds. The molecule has 5 aliphatic rings. The molecule has 16 heteroatoms. The topological polar surface area (TPSA) is 190 Å². The summed E-state index contributed by atoms with van der Waals surface area (Å²) < 4.78 is 24.9. The summed E-state index contributed by atoms with van der Waals surface area (Å²) in [6.45, 7) is 3.19. The molecule has 15 nitrogen and oxygen atoms in total. The lowest BCUT2D eigenvalue weighted by Crippen LogP contribution is -2.56. The number of piperazine rings is 1. The summed E-state index contributed by atoms with van der Waals surface area (Å²) in [4.78, 5) is 87.8. The first-order valence-electron chi connectivity index (χ1n) is 22.2. The smallest absolute Gasteiger partial charge is 0.325 e. The molecule has 5 aromatic carbocycles. The van der Waals surface area contributed by atoms with Gasteiger partial charge in [0.05, 0.1) is 30.6 Å². The lowest BCUT2D eigenvalue weighted by atomic mass is 9.65. The van der Waals surface area contributed by atoms with Gasteiger partial charge in [-0.2, -0.15) is 0 Å². The van der Waals surface area contributed by atoms with E-state index in [0.29, 0.717) is 28.1 Å². The number of ether oxygens (including phenoxy) is 4. The Labute approximate surface area is 404 Å². The average Bonchev–Trinajstić information content (AvgIpc) is 4.01. The van der Waals surface area contributed by atoms with E-state index in [4.69, 9.17) is 18.9 Å². The number of hydrogen-bond acceptors (Lipinski definition) is 12. The number of aromatic hydroxyl groups is 1. The van der Waals surface area contributed by atoms with Crippen molar-refractivity contribution < 1.29 is 52.8 Å². The molecule has 5 aromatic rings. The maximum atomic E-state index is 15.2. The van der Waals surface area contributed by atoms with Crippen LogP contribution >= 0.6 is 22.6 Å². The Balaban J connectivity index is 0.983. The van der Waals surface area contributed by atoms with Crippen molar-refractivity contribution in [2.45, 2.75) is 48.1 Å². The summed E-state index contributed by atoms with van der Waals surface area (Å²) in [5.41, 5.74) is 2.07. The molecule has 4 fully saturated rings. The van der Waals surface area contributed by atoms with Crippen molar-refractivity contribution in [3.63, 3.8) is 0 Å². The van der Waals surface area contributed by atoms with Crippen LogP contribution in [-0.2, 0) is 48.4 Å². The van der Waals surface area contributed by atoms with Crippen LogP contribution in [0.15, 0.2) is 140 Å². The zero-order chi connectivity index (χ0) is 47.3. The molecule has 5 heterocycles. The summed E-state index contributed by atoms with van der Waals surface area (Å²) in [6, 6.07) is 33.2. The van der Waals surface area contributed by atoms with Gasteiger partial charge >= 0.3 is 17.9 Å². The second-order valence-electron chi connectivity index (χ2n) is 17.3. The molecule has 346 valence electrons. The first-order valence-corrected chi connectivity index (χ1v) is 23.3. The van der Waals surface area contributed by atoms with E-state index in [1.807, 2.05) is 77.7 Å². The predicted octanol–water partition coefficient (Wildman–Crippen LogP) is 6.01. The van der Waals surface area contributed by atoms with Crippen LogP contribution in [-0.4, -0.2) is 89.0 Å². The highest BCUT2D eigenvalue weighted by molar-refractivity contribution is 14.1. The third kappa shape index (κ3) is 7.55. The molecular formula is C52H45IN4O11. The zero-order valence-corrected chi connectivity index (χ0v) is 38.5.